The zero-order valence-electron chi connectivity index (χ0n) is 15.0. The average molecular weight is 292 g/mol. The molecule has 0 aromatic heterocycles. The normalized spacial score (nSPS) is 23.6. The van der Waals surface area contributed by atoms with E-state index in [1.165, 1.54) is 11.8 Å². The van der Waals surface area contributed by atoms with Crippen molar-refractivity contribution in [3.8, 4) is 0 Å². The first-order valence-electron chi connectivity index (χ1n) is 8.14. The van der Waals surface area contributed by atoms with Crippen LogP contribution < -0.4 is 0 Å². The van der Waals surface area contributed by atoms with E-state index in [0.29, 0.717) is 17.8 Å². The van der Waals surface area contributed by atoms with Crippen LogP contribution in [-0.4, -0.2) is 28.6 Å². The van der Waals surface area contributed by atoms with E-state index in [9.17, 15) is 4.79 Å². The topological polar surface area (TPSA) is 32.7 Å². The lowest BCUT2D eigenvalue weighted by Gasteiger charge is -2.40. The highest BCUT2D eigenvalue weighted by atomic mass is 16.2. The Morgan fingerprint density at radius 1 is 1.19 bits per heavy atom. The first-order chi connectivity index (χ1) is 9.57. The summed E-state index contributed by atoms with van der Waals surface area (Å²) in [5.74, 6) is 1.25. The fourth-order valence-corrected chi connectivity index (χ4v) is 2.32. The SMILES string of the molecule is CC(C)/C1=C/N(C(C)(C)C(C)C)C(=O)C=NC(C(C)C)C1. The van der Waals surface area contributed by atoms with Gasteiger partial charge in [-0.05, 0) is 43.6 Å². The molecule has 0 aromatic carbocycles. The van der Waals surface area contributed by atoms with Gasteiger partial charge in [0.2, 0.25) is 0 Å². The molecule has 1 rings (SSSR count). The summed E-state index contributed by atoms with van der Waals surface area (Å²) in [6.07, 6.45) is 4.56. The van der Waals surface area contributed by atoms with Crippen LogP contribution in [0.4, 0.5) is 0 Å². The minimum atomic E-state index is -0.214. The van der Waals surface area contributed by atoms with E-state index in [0.717, 1.165) is 6.42 Å². The maximum absolute atomic E-state index is 12.6. The molecule has 0 aromatic rings. The zero-order valence-corrected chi connectivity index (χ0v) is 15.0. The molecule has 1 aliphatic rings. The fourth-order valence-electron chi connectivity index (χ4n) is 2.32. The summed E-state index contributed by atoms with van der Waals surface area (Å²) in [6.45, 7) is 17.3. The van der Waals surface area contributed by atoms with Gasteiger partial charge in [0, 0.05) is 11.7 Å². The molecule has 1 heterocycles. The van der Waals surface area contributed by atoms with Crippen molar-refractivity contribution in [1.29, 1.82) is 0 Å². The molecule has 0 bridgehead atoms. The summed E-state index contributed by atoms with van der Waals surface area (Å²) in [7, 11) is 0. The van der Waals surface area contributed by atoms with Crippen LogP contribution in [0.5, 0.6) is 0 Å². The minimum absolute atomic E-state index is 0.00259. The van der Waals surface area contributed by atoms with Crippen LogP contribution in [0.3, 0.4) is 0 Å². The van der Waals surface area contributed by atoms with Gasteiger partial charge in [0.15, 0.2) is 0 Å². The molecule has 0 saturated carbocycles. The Morgan fingerprint density at radius 2 is 1.76 bits per heavy atom. The van der Waals surface area contributed by atoms with Crippen molar-refractivity contribution in [3.05, 3.63) is 11.8 Å². The van der Waals surface area contributed by atoms with Crippen molar-refractivity contribution in [1.82, 2.24) is 4.90 Å². The lowest BCUT2D eigenvalue weighted by atomic mass is 9.86. The second kappa shape index (κ2) is 6.76. The first kappa shape index (κ1) is 17.9. The van der Waals surface area contributed by atoms with Crippen LogP contribution >= 0.6 is 0 Å². The van der Waals surface area contributed by atoms with E-state index in [2.05, 4.69) is 66.6 Å². The van der Waals surface area contributed by atoms with Gasteiger partial charge in [-0.15, -0.1) is 0 Å². The maximum Gasteiger partial charge on any atom is 0.269 e. The summed E-state index contributed by atoms with van der Waals surface area (Å²) in [5, 5.41) is 0. The molecule has 120 valence electrons. The van der Waals surface area contributed by atoms with Gasteiger partial charge in [0.25, 0.3) is 5.91 Å². The number of amides is 1. The quantitative estimate of drug-likeness (QED) is 0.761. The van der Waals surface area contributed by atoms with Gasteiger partial charge in [0.05, 0.1) is 12.3 Å². The molecule has 21 heavy (non-hydrogen) atoms. The van der Waals surface area contributed by atoms with Gasteiger partial charge in [0.1, 0.15) is 0 Å². The molecule has 0 fully saturated rings. The fraction of sp³-hybridized carbons (Fsp3) is 0.778. The lowest BCUT2D eigenvalue weighted by Crippen LogP contribution is -2.49. The summed E-state index contributed by atoms with van der Waals surface area (Å²) < 4.78 is 0. The van der Waals surface area contributed by atoms with Crippen molar-refractivity contribution in [3.63, 3.8) is 0 Å². The van der Waals surface area contributed by atoms with Crippen LogP contribution in [0, 0.1) is 17.8 Å². The van der Waals surface area contributed by atoms with E-state index in [4.69, 9.17) is 0 Å². The Labute approximate surface area is 130 Å². The summed E-state index contributed by atoms with van der Waals surface area (Å²) in [6, 6.07) is 0.201. The molecule has 1 amide bonds. The van der Waals surface area contributed by atoms with Crippen LogP contribution in [0.15, 0.2) is 16.8 Å². The standard InChI is InChI=1S/C18H32N2O/c1-12(2)15-9-16(13(3)4)19-10-17(21)20(11-15)18(7,8)14(5)6/h10-14,16H,9H2,1-8H3/b15-11+,19-10?. The second-order valence-corrected chi connectivity index (χ2v) is 7.67. The van der Waals surface area contributed by atoms with Crippen molar-refractivity contribution in [2.24, 2.45) is 22.7 Å². The third kappa shape index (κ3) is 4.18. The monoisotopic (exact) mass is 292 g/mol. The van der Waals surface area contributed by atoms with Gasteiger partial charge >= 0.3 is 0 Å². The van der Waals surface area contributed by atoms with Gasteiger partial charge in [-0.3, -0.25) is 9.79 Å². The third-order valence-corrected chi connectivity index (χ3v) is 4.90. The van der Waals surface area contributed by atoms with E-state index in [1.54, 1.807) is 0 Å². The van der Waals surface area contributed by atoms with Gasteiger partial charge in [-0.2, -0.15) is 0 Å². The number of carbonyl (C=O) groups is 1. The minimum Gasteiger partial charge on any atom is -0.308 e. The Morgan fingerprint density at radius 3 is 2.19 bits per heavy atom. The predicted molar refractivity (Wildman–Crippen MR) is 90.4 cm³/mol. The molecular weight excluding hydrogens is 260 g/mol. The largest absolute Gasteiger partial charge is 0.308 e. The molecule has 3 heteroatoms. The molecule has 3 nitrogen and oxygen atoms in total. The number of nitrogens with zero attached hydrogens (tertiary/aromatic N) is 2. The maximum atomic E-state index is 12.6. The highest BCUT2D eigenvalue weighted by molar-refractivity contribution is 6.26. The number of aliphatic imine (C=N–C) groups is 1. The molecule has 1 unspecified atom stereocenters. The van der Waals surface area contributed by atoms with Crippen LogP contribution in [-0.2, 0) is 4.79 Å². The van der Waals surface area contributed by atoms with Gasteiger partial charge in [-0.25, -0.2) is 0 Å². The Bertz CT molecular complexity index is 430. The summed E-state index contributed by atoms with van der Waals surface area (Å²) in [5.41, 5.74) is 1.10. The number of hydrogen-bond acceptors (Lipinski definition) is 2. The van der Waals surface area contributed by atoms with Crippen LogP contribution in [0.25, 0.3) is 0 Å². The lowest BCUT2D eigenvalue weighted by molar-refractivity contribution is -0.126. The molecule has 0 saturated heterocycles. The molecule has 0 aliphatic carbocycles. The summed E-state index contributed by atoms with van der Waals surface area (Å²) in [4.78, 5) is 19.0. The molecule has 1 aliphatic heterocycles. The number of rotatable bonds is 4. The molecule has 0 spiro atoms. The van der Waals surface area contributed by atoms with Crippen molar-refractivity contribution >= 4 is 12.1 Å². The van der Waals surface area contributed by atoms with Crippen molar-refractivity contribution < 1.29 is 4.79 Å². The Kier molecular flexibility index (Phi) is 5.77. The van der Waals surface area contributed by atoms with E-state index >= 15 is 0 Å². The van der Waals surface area contributed by atoms with Crippen LogP contribution in [0.2, 0.25) is 0 Å². The van der Waals surface area contributed by atoms with Crippen LogP contribution in [0.1, 0.15) is 61.8 Å². The molecular formula is C18H32N2O. The van der Waals surface area contributed by atoms with Gasteiger partial charge < -0.3 is 4.90 Å². The van der Waals surface area contributed by atoms with Gasteiger partial charge in [-0.1, -0.05) is 41.5 Å². The smallest absolute Gasteiger partial charge is 0.269 e. The zero-order chi connectivity index (χ0) is 16.4. The number of carbonyl (C=O) groups excluding carboxylic acids is 1. The second-order valence-electron chi connectivity index (χ2n) is 7.67. The van der Waals surface area contributed by atoms with E-state index < -0.39 is 0 Å². The highest BCUT2D eigenvalue weighted by Gasteiger charge is 2.33. The first-order valence-corrected chi connectivity index (χ1v) is 8.14. The van der Waals surface area contributed by atoms with Crippen molar-refractivity contribution in [2.45, 2.75) is 73.4 Å². The van der Waals surface area contributed by atoms with E-state index in [1.807, 2.05) is 4.90 Å². The molecule has 0 N–H and O–H groups in total. The Balaban J connectivity index is 3.25. The number of hydrogen-bond donors (Lipinski definition) is 0. The molecule has 0 radical (unpaired) electrons. The average Bonchev–Trinajstić information content (AvgIpc) is 2.33. The third-order valence-electron chi connectivity index (χ3n) is 4.90. The molecule has 1 atom stereocenters. The van der Waals surface area contributed by atoms with Crippen molar-refractivity contribution in [2.75, 3.05) is 0 Å². The predicted octanol–water partition coefficient (Wildman–Crippen LogP) is 4.29. The Hall–Kier alpha value is -1.12. The highest BCUT2D eigenvalue weighted by Crippen LogP contribution is 2.30. The summed E-state index contributed by atoms with van der Waals surface area (Å²) >= 11 is 0. The van der Waals surface area contributed by atoms with E-state index in [-0.39, 0.29) is 17.5 Å².